The molecule has 0 spiro atoms. The van der Waals surface area contributed by atoms with Crippen molar-refractivity contribution in [2.75, 3.05) is 5.32 Å². The number of rotatable bonds is 3. The van der Waals surface area contributed by atoms with E-state index >= 15 is 0 Å². The Morgan fingerprint density at radius 3 is 2.43 bits per heavy atom. The minimum absolute atomic E-state index is 0.00482. The van der Waals surface area contributed by atoms with E-state index in [0.29, 0.717) is 6.42 Å². The number of anilines is 1. The summed E-state index contributed by atoms with van der Waals surface area (Å²) in [5.41, 5.74) is 1.61. The van der Waals surface area contributed by atoms with Gasteiger partial charge in [-0.15, -0.1) is 0 Å². The third-order valence-electron chi connectivity index (χ3n) is 2.00. The molecule has 1 rings (SSSR count). The number of aliphatic hydroxyl groups excluding tert-OH is 1. The molecule has 0 unspecified atom stereocenters. The SMILES string of the molecule is CCC(=O)Nc1ccc([C@H](C)O)cc1. The third-order valence-corrected chi connectivity index (χ3v) is 2.00. The largest absolute Gasteiger partial charge is 0.389 e. The van der Waals surface area contributed by atoms with Crippen molar-refractivity contribution < 1.29 is 9.90 Å². The highest BCUT2D eigenvalue weighted by Crippen LogP contribution is 2.15. The number of hydrogen-bond donors (Lipinski definition) is 2. The summed E-state index contributed by atoms with van der Waals surface area (Å²) in [5, 5.41) is 12.0. The van der Waals surface area contributed by atoms with Crippen LogP contribution in [-0.4, -0.2) is 11.0 Å². The first kappa shape index (κ1) is 10.7. The summed E-state index contributed by atoms with van der Waals surface area (Å²) in [6.45, 7) is 3.51. The zero-order valence-electron chi connectivity index (χ0n) is 8.45. The van der Waals surface area contributed by atoms with Crippen molar-refractivity contribution in [1.29, 1.82) is 0 Å². The number of nitrogens with one attached hydrogen (secondary N) is 1. The van der Waals surface area contributed by atoms with E-state index in [-0.39, 0.29) is 5.91 Å². The molecule has 0 aliphatic rings. The van der Waals surface area contributed by atoms with Crippen molar-refractivity contribution in [3.8, 4) is 0 Å². The smallest absolute Gasteiger partial charge is 0.224 e. The maximum Gasteiger partial charge on any atom is 0.224 e. The lowest BCUT2D eigenvalue weighted by molar-refractivity contribution is -0.115. The van der Waals surface area contributed by atoms with Gasteiger partial charge in [-0.1, -0.05) is 19.1 Å². The van der Waals surface area contributed by atoms with Gasteiger partial charge in [-0.3, -0.25) is 4.79 Å². The summed E-state index contributed by atoms with van der Waals surface area (Å²) >= 11 is 0. The molecule has 3 nitrogen and oxygen atoms in total. The lowest BCUT2D eigenvalue weighted by Crippen LogP contribution is -2.09. The lowest BCUT2D eigenvalue weighted by Gasteiger charge is -2.06. The highest BCUT2D eigenvalue weighted by atomic mass is 16.3. The number of carbonyl (C=O) groups excluding carboxylic acids is 1. The normalized spacial score (nSPS) is 12.2. The van der Waals surface area contributed by atoms with Crippen LogP contribution in [0.5, 0.6) is 0 Å². The minimum Gasteiger partial charge on any atom is -0.389 e. The van der Waals surface area contributed by atoms with Crippen molar-refractivity contribution in [2.45, 2.75) is 26.4 Å². The number of carbonyl (C=O) groups is 1. The van der Waals surface area contributed by atoms with Gasteiger partial charge in [-0.2, -0.15) is 0 Å². The first-order valence-corrected chi connectivity index (χ1v) is 4.71. The van der Waals surface area contributed by atoms with E-state index in [2.05, 4.69) is 5.32 Å². The fourth-order valence-corrected chi connectivity index (χ4v) is 1.09. The van der Waals surface area contributed by atoms with Crippen molar-refractivity contribution >= 4 is 11.6 Å². The van der Waals surface area contributed by atoms with Gasteiger partial charge in [0.25, 0.3) is 0 Å². The summed E-state index contributed by atoms with van der Waals surface area (Å²) in [6, 6.07) is 7.18. The fraction of sp³-hybridized carbons (Fsp3) is 0.364. The van der Waals surface area contributed by atoms with Crippen LogP contribution in [0.15, 0.2) is 24.3 Å². The van der Waals surface area contributed by atoms with Crippen LogP contribution in [0.1, 0.15) is 31.9 Å². The number of benzene rings is 1. The molecule has 0 bridgehead atoms. The highest BCUT2D eigenvalue weighted by Gasteiger charge is 2.01. The van der Waals surface area contributed by atoms with Gasteiger partial charge in [-0.05, 0) is 24.6 Å². The average Bonchev–Trinajstić information content (AvgIpc) is 2.18. The van der Waals surface area contributed by atoms with E-state index in [1.54, 1.807) is 38.1 Å². The summed E-state index contributed by atoms with van der Waals surface area (Å²) < 4.78 is 0. The van der Waals surface area contributed by atoms with Gasteiger partial charge < -0.3 is 10.4 Å². The predicted molar refractivity (Wildman–Crippen MR) is 56.0 cm³/mol. The molecule has 0 fully saturated rings. The Bertz CT molecular complexity index is 304. The molecule has 1 aromatic carbocycles. The van der Waals surface area contributed by atoms with Crippen molar-refractivity contribution in [3.63, 3.8) is 0 Å². The molecule has 0 saturated carbocycles. The first-order chi connectivity index (χ1) is 6.63. The van der Waals surface area contributed by atoms with Crippen LogP contribution in [0.2, 0.25) is 0 Å². The maximum absolute atomic E-state index is 11.0. The predicted octanol–water partition coefficient (Wildman–Crippen LogP) is 2.09. The summed E-state index contributed by atoms with van der Waals surface area (Å²) in [5.74, 6) is -0.00482. The van der Waals surface area contributed by atoms with E-state index in [1.165, 1.54) is 0 Å². The molecule has 0 saturated heterocycles. The van der Waals surface area contributed by atoms with E-state index in [1.807, 2.05) is 0 Å². The molecule has 0 aromatic heterocycles. The molecule has 3 heteroatoms. The molecule has 0 aliphatic carbocycles. The standard InChI is InChI=1S/C11H15NO2/c1-3-11(14)12-10-6-4-9(5-7-10)8(2)13/h4-8,13H,3H2,1-2H3,(H,12,14)/t8-/m0/s1. The van der Waals surface area contributed by atoms with E-state index in [4.69, 9.17) is 0 Å². The molecular weight excluding hydrogens is 178 g/mol. The first-order valence-electron chi connectivity index (χ1n) is 4.71. The van der Waals surface area contributed by atoms with Crippen LogP contribution < -0.4 is 5.32 Å². The Morgan fingerprint density at radius 1 is 1.43 bits per heavy atom. The van der Waals surface area contributed by atoms with Crippen molar-refractivity contribution in [1.82, 2.24) is 0 Å². The monoisotopic (exact) mass is 193 g/mol. The number of amides is 1. The molecule has 1 atom stereocenters. The van der Waals surface area contributed by atoms with Crippen LogP contribution in [-0.2, 0) is 4.79 Å². The Labute approximate surface area is 83.8 Å². The molecule has 1 aromatic rings. The second kappa shape index (κ2) is 4.77. The molecule has 76 valence electrons. The van der Waals surface area contributed by atoms with Crippen LogP contribution in [0.25, 0.3) is 0 Å². The van der Waals surface area contributed by atoms with Gasteiger partial charge in [0.2, 0.25) is 5.91 Å². The molecular formula is C11H15NO2. The second-order valence-electron chi connectivity index (χ2n) is 3.20. The third kappa shape index (κ3) is 2.85. The maximum atomic E-state index is 11.0. The molecule has 0 heterocycles. The number of aliphatic hydroxyl groups is 1. The van der Waals surface area contributed by atoms with Gasteiger partial charge in [0.1, 0.15) is 0 Å². The van der Waals surface area contributed by atoms with Crippen LogP contribution in [0.4, 0.5) is 5.69 Å². The van der Waals surface area contributed by atoms with Gasteiger partial charge in [-0.25, -0.2) is 0 Å². The molecule has 0 radical (unpaired) electrons. The van der Waals surface area contributed by atoms with Crippen molar-refractivity contribution in [2.24, 2.45) is 0 Å². The topological polar surface area (TPSA) is 49.3 Å². The van der Waals surface area contributed by atoms with E-state index < -0.39 is 6.10 Å². The highest BCUT2D eigenvalue weighted by molar-refractivity contribution is 5.90. The van der Waals surface area contributed by atoms with E-state index in [9.17, 15) is 9.90 Å². The molecule has 1 amide bonds. The quantitative estimate of drug-likeness (QED) is 0.772. The summed E-state index contributed by atoms with van der Waals surface area (Å²) in [4.78, 5) is 11.0. The zero-order valence-corrected chi connectivity index (χ0v) is 8.45. The zero-order chi connectivity index (χ0) is 10.6. The van der Waals surface area contributed by atoms with Gasteiger partial charge in [0.15, 0.2) is 0 Å². The van der Waals surface area contributed by atoms with Gasteiger partial charge >= 0.3 is 0 Å². The second-order valence-corrected chi connectivity index (χ2v) is 3.20. The molecule has 0 aliphatic heterocycles. The van der Waals surface area contributed by atoms with Crippen molar-refractivity contribution in [3.05, 3.63) is 29.8 Å². The van der Waals surface area contributed by atoms with Gasteiger partial charge in [0.05, 0.1) is 6.10 Å². The minimum atomic E-state index is -0.467. The average molecular weight is 193 g/mol. The summed E-state index contributed by atoms with van der Waals surface area (Å²) in [7, 11) is 0. The van der Waals surface area contributed by atoms with Crippen LogP contribution >= 0.6 is 0 Å². The molecule has 14 heavy (non-hydrogen) atoms. The Morgan fingerprint density at radius 2 is 2.00 bits per heavy atom. The lowest BCUT2D eigenvalue weighted by atomic mass is 10.1. The Kier molecular flexibility index (Phi) is 3.65. The summed E-state index contributed by atoms with van der Waals surface area (Å²) in [6.07, 6.45) is 0.00366. The Hall–Kier alpha value is -1.35. The molecule has 2 N–H and O–H groups in total. The van der Waals surface area contributed by atoms with Gasteiger partial charge in [0, 0.05) is 12.1 Å². The number of hydrogen-bond acceptors (Lipinski definition) is 2. The Balaban J connectivity index is 2.69. The van der Waals surface area contributed by atoms with E-state index in [0.717, 1.165) is 11.3 Å². The van der Waals surface area contributed by atoms with Crippen LogP contribution in [0.3, 0.4) is 0 Å². The fourth-order valence-electron chi connectivity index (χ4n) is 1.09. The van der Waals surface area contributed by atoms with Crippen LogP contribution in [0, 0.1) is 0 Å².